The molecule has 0 aliphatic rings. The van der Waals surface area contributed by atoms with E-state index in [0.717, 1.165) is 5.39 Å². The minimum atomic E-state index is -0.353. The molecule has 164 valence electrons. The highest BCUT2D eigenvalue weighted by atomic mass is 19.1. The lowest BCUT2D eigenvalue weighted by atomic mass is 10.2. The number of nitrogens with zero attached hydrogens (tertiary/aromatic N) is 3. The lowest BCUT2D eigenvalue weighted by molar-refractivity contribution is 0.571. The van der Waals surface area contributed by atoms with Crippen LogP contribution in [0.15, 0.2) is 110 Å². The van der Waals surface area contributed by atoms with Crippen LogP contribution in [0.5, 0.6) is 0 Å². The largest absolute Gasteiger partial charge is 0.455 e. The van der Waals surface area contributed by atoms with Crippen molar-refractivity contribution in [1.29, 1.82) is 0 Å². The molecule has 3 heterocycles. The van der Waals surface area contributed by atoms with Gasteiger partial charge in [-0.2, -0.15) is 9.78 Å². The van der Waals surface area contributed by atoms with Crippen molar-refractivity contribution in [1.82, 2.24) is 9.66 Å². The Morgan fingerprint density at radius 1 is 0.853 bits per heavy atom. The molecule has 6 aromatic rings. The third-order valence-electron chi connectivity index (χ3n) is 5.44. The summed E-state index contributed by atoms with van der Waals surface area (Å²) in [6.07, 6.45) is 1.42. The molecule has 6 nitrogen and oxygen atoms in total. The fourth-order valence-corrected chi connectivity index (χ4v) is 3.82. The van der Waals surface area contributed by atoms with Gasteiger partial charge in [-0.25, -0.2) is 9.37 Å². The maximum Gasteiger partial charge on any atom is 0.282 e. The normalized spacial score (nSPS) is 11.7. The first-order valence-electron chi connectivity index (χ1n) is 10.6. The van der Waals surface area contributed by atoms with Gasteiger partial charge in [0.2, 0.25) is 5.82 Å². The van der Waals surface area contributed by atoms with E-state index in [0.29, 0.717) is 39.3 Å². The lowest BCUT2D eigenvalue weighted by Crippen LogP contribution is -2.20. The van der Waals surface area contributed by atoms with Crippen molar-refractivity contribution in [2.45, 2.75) is 0 Å². The number of fused-ring (bicyclic) bond motifs is 2. The maximum absolute atomic E-state index is 13.6. The van der Waals surface area contributed by atoms with Crippen molar-refractivity contribution in [3.63, 3.8) is 0 Å². The van der Waals surface area contributed by atoms with E-state index in [4.69, 9.17) is 8.83 Å². The Morgan fingerprint density at radius 3 is 2.59 bits per heavy atom. The Balaban J connectivity index is 1.47. The first-order valence-corrected chi connectivity index (χ1v) is 10.6. The molecule has 0 unspecified atom stereocenters. The Morgan fingerprint density at radius 2 is 1.71 bits per heavy atom. The first kappa shape index (κ1) is 19.9. The van der Waals surface area contributed by atoms with Crippen LogP contribution in [-0.2, 0) is 0 Å². The number of hydrogen-bond donors (Lipinski definition) is 0. The molecule has 0 radical (unpaired) electrons. The SMILES string of the molecule is O=c1c2ccccc2nc(-c2cc3ccccc3o2)n1N=Cc1ccc(-c2cccc(F)c2)o1. The van der Waals surface area contributed by atoms with Gasteiger partial charge in [0.25, 0.3) is 5.56 Å². The Labute approximate surface area is 192 Å². The molecule has 0 aliphatic carbocycles. The van der Waals surface area contributed by atoms with Gasteiger partial charge in [0.05, 0.1) is 17.1 Å². The highest BCUT2D eigenvalue weighted by Gasteiger charge is 2.16. The summed E-state index contributed by atoms with van der Waals surface area (Å²) in [4.78, 5) is 18.0. The van der Waals surface area contributed by atoms with Crippen molar-refractivity contribution in [3.05, 3.63) is 113 Å². The van der Waals surface area contributed by atoms with Crippen LogP contribution in [0.3, 0.4) is 0 Å². The van der Waals surface area contributed by atoms with Gasteiger partial charge in [0, 0.05) is 10.9 Å². The molecule has 0 bridgehead atoms. The zero-order chi connectivity index (χ0) is 23.1. The van der Waals surface area contributed by atoms with Gasteiger partial charge >= 0.3 is 0 Å². The molecule has 3 aromatic heterocycles. The second kappa shape index (κ2) is 7.97. The third kappa shape index (κ3) is 3.49. The second-order valence-electron chi connectivity index (χ2n) is 7.67. The van der Waals surface area contributed by atoms with E-state index >= 15 is 0 Å². The smallest absolute Gasteiger partial charge is 0.282 e. The van der Waals surface area contributed by atoms with Crippen LogP contribution in [-0.4, -0.2) is 15.9 Å². The molecular formula is C27H16FN3O3. The summed E-state index contributed by atoms with van der Waals surface area (Å²) in [5, 5.41) is 5.71. The zero-order valence-corrected chi connectivity index (χ0v) is 17.7. The minimum absolute atomic E-state index is 0.271. The fraction of sp³-hybridized carbons (Fsp3) is 0. The summed E-state index contributed by atoms with van der Waals surface area (Å²) >= 11 is 0. The first-order chi connectivity index (χ1) is 16.7. The summed E-state index contributed by atoms with van der Waals surface area (Å²) in [5.74, 6) is 1.22. The van der Waals surface area contributed by atoms with Gasteiger partial charge in [-0.05, 0) is 48.5 Å². The molecule has 0 amide bonds. The van der Waals surface area contributed by atoms with Crippen molar-refractivity contribution < 1.29 is 13.2 Å². The van der Waals surface area contributed by atoms with Crippen molar-refractivity contribution in [2.75, 3.05) is 0 Å². The summed E-state index contributed by atoms with van der Waals surface area (Å²) in [6.45, 7) is 0. The molecule has 6 rings (SSSR count). The van der Waals surface area contributed by atoms with Crippen molar-refractivity contribution in [2.24, 2.45) is 5.10 Å². The van der Waals surface area contributed by atoms with Crippen LogP contribution >= 0.6 is 0 Å². The van der Waals surface area contributed by atoms with Crippen molar-refractivity contribution in [3.8, 4) is 22.9 Å². The molecule has 3 aromatic carbocycles. The molecule has 0 N–H and O–H groups in total. The number of benzene rings is 3. The van der Waals surface area contributed by atoms with Crippen LogP contribution in [0.25, 0.3) is 44.8 Å². The summed E-state index contributed by atoms with van der Waals surface area (Å²) in [6, 6.07) is 26.0. The predicted octanol–water partition coefficient (Wildman–Crippen LogP) is 6.09. The third-order valence-corrected chi connectivity index (χ3v) is 5.44. The molecule has 7 heteroatoms. The molecule has 0 aliphatic heterocycles. The molecule has 34 heavy (non-hydrogen) atoms. The topological polar surface area (TPSA) is 73.5 Å². The summed E-state index contributed by atoms with van der Waals surface area (Å²) in [7, 11) is 0. The van der Waals surface area contributed by atoms with Crippen LogP contribution in [0.4, 0.5) is 4.39 Å². The van der Waals surface area contributed by atoms with Gasteiger partial charge < -0.3 is 8.83 Å². The number of para-hydroxylation sites is 2. The van der Waals surface area contributed by atoms with E-state index in [1.807, 2.05) is 36.4 Å². The van der Waals surface area contributed by atoms with Gasteiger partial charge in [-0.15, -0.1) is 0 Å². The van der Waals surface area contributed by atoms with Gasteiger partial charge in [0.1, 0.15) is 22.9 Å². The van der Waals surface area contributed by atoms with Crippen molar-refractivity contribution >= 4 is 28.1 Å². The maximum atomic E-state index is 13.6. The Bertz CT molecular complexity index is 1730. The molecule has 0 fully saturated rings. The number of hydrogen-bond acceptors (Lipinski definition) is 5. The van der Waals surface area contributed by atoms with Gasteiger partial charge in [-0.3, -0.25) is 4.79 Å². The standard InChI is InChI=1S/C27H16FN3O3/c28-19-8-5-7-17(14-19)24-13-12-20(33-24)16-29-31-26(25-15-18-6-1-4-11-23(18)34-25)30-22-10-3-2-9-21(22)27(31)32/h1-16H. The highest BCUT2D eigenvalue weighted by molar-refractivity contribution is 5.84. The quantitative estimate of drug-likeness (QED) is 0.305. The fourth-order valence-electron chi connectivity index (χ4n) is 3.82. The minimum Gasteiger partial charge on any atom is -0.455 e. The molecule has 0 saturated heterocycles. The van der Waals surface area contributed by atoms with E-state index in [2.05, 4.69) is 10.1 Å². The van der Waals surface area contributed by atoms with Crippen LogP contribution in [0.2, 0.25) is 0 Å². The average molecular weight is 449 g/mol. The number of halogens is 1. The van der Waals surface area contributed by atoms with E-state index in [9.17, 15) is 9.18 Å². The predicted molar refractivity (Wildman–Crippen MR) is 128 cm³/mol. The Hall–Kier alpha value is -4.78. The highest BCUT2D eigenvalue weighted by Crippen LogP contribution is 2.27. The summed E-state index contributed by atoms with van der Waals surface area (Å²) in [5.41, 5.74) is 1.49. The number of aromatic nitrogens is 2. The summed E-state index contributed by atoms with van der Waals surface area (Å²) < 4.78 is 26.5. The molecule has 0 atom stereocenters. The van der Waals surface area contributed by atoms with Crippen LogP contribution < -0.4 is 5.56 Å². The molecular weight excluding hydrogens is 433 g/mol. The van der Waals surface area contributed by atoms with Gasteiger partial charge in [-0.1, -0.05) is 42.5 Å². The van der Waals surface area contributed by atoms with E-state index in [1.54, 1.807) is 42.5 Å². The van der Waals surface area contributed by atoms with Crippen LogP contribution in [0, 0.1) is 5.82 Å². The zero-order valence-electron chi connectivity index (χ0n) is 17.7. The number of furan rings is 2. The molecule has 0 spiro atoms. The monoisotopic (exact) mass is 449 g/mol. The van der Waals surface area contributed by atoms with E-state index in [-0.39, 0.29) is 17.2 Å². The van der Waals surface area contributed by atoms with E-state index in [1.165, 1.54) is 23.0 Å². The van der Waals surface area contributed by atoms with Gasteiger partial charge in [0.15, 0.2) is 5.76 Å². The van der Waals surface area contributed by atoms with Crippen LogP contribution in [0.1, 0.15) is 5.76 Å². The number of rotatable bonds is 4. The molecule has 0 saturated carbocycles. The lowest BCUT2D eigenvalue weighted by Gasteiger charge is -2.06. The van der Waals surface area contributed by atoms with E-state index < -0.39 is 0 Å². The average Bonchev–Trinajstić information content (AvgIpc) is 3.51. The second-order valence-corrected chi connectivity index (χ2v) is 7.67. The Kier molecular flexibility index (Phi) is 4.66.